The van der Waals surface area contributed by atoms with Gasteiger partial charge in [0, 0.05) is 38.2 Å². The van der Waals surface area contributed by atoms with E-state index >= 15 is 0 Å². The summed E-state index contributed by atoms with van der Waals surface area (Å²) in [5.74, 6) is 0. The molecule has 9 aromatic carbocycles. The molecule has 0 aliphatic heterocycles. The molecule has 0 atom stereocenters. The monoisotopic (exact) mass is 1090 g/mol. The minimum absolute atomic E-state index is 0.0576. The molecule has 4 nitrogen and oxygen atoms in total. The lowest BCUT2D eigenvalue weighted by Gasteiger charge is -2.22. The van der Waals surface area contributed by atoms with Crippen molar-refractivity contribution in [2.45, 2.75) is 24.7 Å². The van der Waals surface area contributed by atoms with E-state index in [0.717, 1.165) is 11.1 Å². The van der Waals surface area contributed by atoms with E-state index in [1.807, 2.05) is 81.9 Å². The smallest absolute Gasteiger partial charge is 0.308 e. The van der Waals surface area contributed by atoms with E-state index in [-0.39, 0.29) is 39.9 Å². The molecule has 0 aliphatic rings. The van der Waals surface area contributed by atoms with Crippen LogP contribution in [0.1, 0.15) is 27.8 Å². The largest absolute Gasteiger partial charge is 0.416 e. The highest BCUT2D eigenvalue weighted by atomic mass is 19.4. The number of nitrogens with zero attached hydrogens (tertiary/aromatic N) is 4. The van der Waals surface area contributed by atoms with Crippen molar-refractivity contribution in [3.8, 4) is 73.3 Å². The summed E-state index contributed by atoms with van der Waals surface area (Å²) in [5, 5.41) is 13.0. The third-order valence-electron chi connectivity index (χ3n) is 14.1. The maximum Gasteiger partial charge on any atom is 0.416 e. The Labute approximate surface area is 446 Å². The molecule has 80 heavy (non-hydrogen) atoms. The van der Waals surface area contributed by atoms with Gasteiger partial charge in [-0.3, -0.25) is 0 Å². The van der Waals surface area contributed by atoms with E-state index in [0.29, 0.717) is 102 Å². The summed E-state index contributed by atoms with van der Waals surface area (Å²) in [7, 11) is 0. The number of aromatic nitrogens is 3. The lowest BCUT2D eigenvalue weighted by Crippen LogP contribution is -2.11. The summed E-state index contributed by atoms with van der Waals surface area (Å²) < 4.78 is 174. The number of pyridine rings is 1. The molecule has 0 radical (unpaired) electrons. The van der Waals surface area contributed by atoms with Crippen LogP contribution in [0.3, 0.4) is 0 Å². The van der Waals surface area contributed by atoms with E-state index in [2.05, 4.69) is 6.07 Å². The second kappa shape index (κ2) is 18.8. The minimum Gasteiger partial charge on any atom is -0.308 e. The number of para-hydroxylation sites is 2. The number of hydrogen-bond acceptors (Lipinski definition) is 2. The number of hydrogen-bond donors (Lipinski definition) is 0. The molecule has 12 rings (SSSR count). The van der Waals surface area contributed by atoms with E-state index < -0.39 is 47.0 Å². The van der Waals surface area contributed by atoms with Gasteiger partial charge < -0.3 is 9.13 Å². The summed E-state index contributed by atoms with van der Waals surface area (Å²) in [5.41, 5.74) is 0.0359. The molecule has 394 valence electrons. The number of benzene rings is 9. The Morgan fingerprint density at radius 2 is 0.662 bits per heavy atom. The minimum atomic E-state index is -5.11. The molecule has 16 heteroatoms. The molecule has 0 N–H and O–H groups in total. The highest BCUT2D eigenvalue weighted by Gasteiger charge is 2.39. The van der Waals surface area contributed by atoms with E-state index in [1.54, 1.807) is 72.8 Å². The zero-order valence-corrected chi connectivity index (χ0v) is 41.0. The zero-order valence-electron chi connectivity index (χ0n) is 41.0. The molecule has 3 heterocycles. The molecule has 0 spiro atoms. The van der Waals surface area contributed by atoms with Crippen molar-refractivity contribution in [3.05, 3.63) is 234 Å². The second-order valence-corrected chi connectivity index (χ2v) is 19.1. The number of nitriles is 1. The molecule has 0 amide bonds. The molecule has 0 aliphatic carbocycles. The summed E-state index contributed by atoms with van der Waals surface area (Å²) in [6.07, 6.45) is -20.4. The molecule has 0 bridgehead atoms. The van der Waals surface area contributed by atoms with Crippen LogP contribution in [0.4, 0.5) is 52.7 Å². The topological polar surface area (TPSA) is 46.5 Å². The van der Waals surface area contributed by atoms with Gasteiger partial charge in [-0.2, -0.15) is 57.9 Å². The highest BCUT2D eigenvalue weighted by Crippen LogP contribution is 2.47. The van der Waals surface area contributed by atoms with Gasteiger partial charge in [-0.25, -0.2) is 4.98 Å². The van der Waals surface area contributed by atoms with Crippen LogP contribution in [0, 0.1) is 11.3 Å². The predicted octanol–water partition coefficient (Wildman–Crippen LogP) is 19.6. The van der Waals surface area contributed by atoms with Crippen LogP contribution in [-0.4, -0.2) is 14.1 Å². The first-order valence-electron chi connectivity index (χ1n) is 24.5. The fourth-order valence-electron chi connectivity index (χ4n) is 10.6. The number of halogens is 12. The Hall–Kier alpha value is -9.62. The maximum atomic E-state index is 14.2. The van der Waals surface area contributed by atoms with Crippen molar-refractivity contribution >= 4 is 43.6 Å². The van der Waals surface area contributed by atoms with E-state index in [4.69, 9.17) is 4.98 Å². The Balaban J connectivity index is 1.19. The van der Waals surface area contributed by atoms with Crippen LogP contribution in [0.25, 0.3) is 111 Å². The highest BCUT2D eigenvalue weighted by molar-refractivity contribution is 6.13. The van der Waals surface area contributed by atoms with Crippen LogP contribution in [0.5, 0.6) is 0 Å². The van der Waals surface area contributed by atoms with Gasteiger partial charge in [-0.1, -0.05) is 109 Å². The van der Waals surface area contributed by atoms with Gasteiger partial charge in [-0.15, -0.1) is 0 Å². The van der Waals surface area contributed by atoms with Gasteiger partial charge in [0.1, 0.15) is 0 Å². The average Bonchev–Trinajstić information content (AvgIpc) is 3.34. The van der Waals surface area contributed by atoms with Crippen LogP contribution < -0.4 is 0 Å². The zero-order chi connectivity index (χ0) is 56.0. The van der Waals surface area contributed by atoms with Crippen LogP contribution in [0.2, 0.25) is 0 Å². The number of fused-ring (bicyclic) bond motifs is 6. The third-order valence-corrected chi connectivity index (χ3v) is 14.1. The summed E-state index contributed by atoms with van der Waals surface area (Å²) >= 11 is 0. The van der Waals surface area contributed by atoms with E-state index in [1.165, 1.54) is 24.3 Å². The molecule has 0 saturated heterocycles. The molecule has 0 fully saturated rings. The van der Waals surface area contributed by atoms with Gasteiger partial charge in [0.05, 0.1) is 78.7 Å². The summed E-state index contributed by atoms with van der Waals surface area (Å²) in [6, 6.07) is 54.1. The van der Waals surface area contributed by atoms with Gasteiger partial charge >= 0.3 is 24.7 Å². The third kappa shape index (κ3) is 9.13. The first kappa shape index (κ1) is 51.2. The van der Waals surface area contributed by atoms with E-state index in [9.17, 15) is 57.9 Å². The number of rotatable bonds is 7. The van der Waals surface area contributed by atoms with Crippen molar-refractivity contribution in [2.75, 3.05) is 0 Å². The summed E-state index contributed by atoms with van der Waals surface area (Å²) in [4.78, 5) is 5.13. The fourth-order valence-corrected chi connectivity index (χ4v) is 10.6. The Morgan fingerprint density at radius 3 is 1.02 bits per heavy atom. The van der Waals surface area contributed by atoms with Crippen molar-refractivity contribution in [1.82, 2.24) is 14.1 Å². The number of alkyl halides is 12. The molecule has 0 saturated carbocycles. The SMILES string of the molecule is N#Cc1cc(-n2c3ccccc3c3cc(-c4cc(C(F)(F)F)cc(C(F)(F)F)c4)ccc32)c(-c2cc(-c3ccccc3)nc(-c3ccccc3)c2)c(-n2c3ccccc3c3cc(-c4cc(C(F)(F)F)cc(C(F)(F)F)c4)ccc32)c1. The van der Waals surface area contributed by atoms with Crippen molar-refractivity contribution in [2.24, 2.45) is 0 Å². The van der Waals surface area contributed by atoms with Gasteiger partial charge in [0.25, 0.3) is 0 Å². The van der Waals surface area contributed by atoms with Crippen LogP contribution in [-0.2, 0) is 24.7 Å². The molecule has 3 aromatic heterocycles. The van der Waals surface area contributed by atoms with Gasteiger partial charge in [0.15, 0.2) is 0 Å². The fraction of sp³-hybridized carbons (Fsp3) is 0.0625. The average molecular weight is 1090 g/mol. The Kier molecular flexibility index (Phi) is 12.0. The molecule has 12 aromatic rings. The summed E-state index contributed by atoms with van der Waals surface area (Å²) in [6.45, 7) is 0. The Morgan fingerprint density at radius 1 is 0.312 bits per heavy atom. The molecule has 0 unspecified atom stereocenters. The van der Waals surface area contributed by atoms with Crippen molar-refractivity contribution in [3.63, 3.8) is 0 Å². The second-order valence-electron chi connectivity index (χ2n) is 19.1. The standard InChI is InChI=1S/C64H34F12N4/c65-61(66,67)44-25-41(26-45(33-44)62(68,69)70)39-19-21-56-50(29-39)48-15-7-9-17-54(48)79(56)58-23-36(35-77)24-59(60(58)43-31-52(37-11-3-1-4-12-37)78-53(32-43)38-13-5-2-6-14-38)80-55-18-10-8-16-49(55)51-30-40(20-22-57(51)80)42-27-46(63(71,72)73)34-47(28-42)64(74,75)76/h1-34H. The van der Waals surface area contributed by atoms with Gasteiger partial charge in [-0.05, 0) is 125 Å². The Bertz CT molecular complexity index is 4150. The lowest BCUT2D eigenvalue weighted by atomic mass is 9.95. The van der Waals surface area contributed by atoms with Crippen LogP contribution in [0.15, 0.2) is 206 Å². The van der Waals surface area contributed by atoms with Crippen LogP contribution >= 0.6 is 0 Å². The van der Waals surface area contributed by atoms with Crippen molar-refractivity contribution < 1.29 is 52.7 Å². The lowest BCUT2D eigenvalue weighted by molar-refractivity contribution is -0.144. The molecular formula is C64H34F12N4. The van der Waals surface area contributed by atoms with Crippen molar-refractivity contribution in [1.29, 1.82) is 5.26 Å². The first-order valence-corrected chi connectivity index (χ1v) is 24.5. The first-order chi connectivity index (χ1) is 38.1. The maximum absolute atomic E-state index is 14.2. The predicted molar refractivity (Wildman–Crippen MR) is 285 cm³/mol. The normalized spacial score (nSPS) is 12.5. The van der Waals surface area contributed by atoms with Gasteiger partial charge in [0.2, 0.25) is 0 Å². The molecular weight excluding hydrogens is 1050 g/mol. The quantitative estimate of drug-likeness (QED) is 0.149.